The average Bonchev–Trinajstić information content (AvgIpc) is 2.94. The first-order valence-corrected chi connectivity index (χ1v) is 6.58. The lowest BCUT2D eigenvalue weighted by molar-refractivity contribution is -0.137. The molecule has 124 valence electrons. The number of halogens is 3. The zero-order valence-electron chi connectivity index (χ0n) is 12.0. The maximum atomic E-state index is 13.0. The zero-order valence-corrected chi connectivity index (χ0v) is 12.0. The predicted molar refractivity (Wildman–Crippen MR) is 75.1 cm³/mol. The van der Waals surface area contributed by atoms with Gasteiger partial charge in [-0.05, 0) is 19.1 Å². The molecule has 0 radical (unpaired) electrons. The van der Waals surface area contributed by atoms with Crippen molar-refractivity contribution in [3.63, 3.8) is 0 Å². The lowest BCUT2D eigenvalue weighted by atomic mass is 10.2. The van der Waals surface area contributed by atoms with Crippen LogP contribution in [0, 0.1) is 0 Å². The van der Waals surface area contributed by atoms with Crippen LogP contribution in [0.3, 0.4) is 0 Å². The highest BCUT2D eigenvalue weighted by Crippen LogP contribution is 2.33. The summed E-state index contributed by atoms with van der Waals surface area (Å²) in [6.07, 6.45) is -3.38. The van der Waals surface area contributed by atoms with E-state index in [1.807, 2.05) is 0 Å². The number of benzene rings is 1. The molecule has 3 N–H and O–H groups in total. The number of rotatable bonds is 4. The Bertz CT molecular complexity index is 686. The van der Waals surface area contributed by atoms with Crippen LogP contribution in [0.4, 0.5) is 23.8 Å². The van der Waals surface area contributed by atoms with Gasteiger partial charge >= 0.3 is 12.2 Å². The Labute approximate surface area is 129 Å². The van der Waals surface area contributed by atoms with Crippen molar-refractivity contribution in [2.24, 2.45) is 0 Å². The second-order valence-electron chi connectivity index (χ2n) is 4.75. The Morgan fingerprint density at radius 1 is 1.39 bits per heavy atom. The summed E-state index contributed by atoms with van der Waals surface area (Å²) in [6.45, 7) is 1.33. The number of hydrogen-bond donors (Lipinski definition) is 3. The number of nitrogens with one attached hydrogen (secondary N) is 2. The third-order valence-electron chi connectivity index (χ3n) is 2.84. The number of carbonyl (C=O) groups is 1. The SMILES string of the molecule is CC(CO)NC(=O)Nc1cn(-c2ccccc2C(F)(F)F)nn1. The van der Waals surface area contributed by atoms with Gasteiger partial charge < -0.3 is 10.4 Å². The van der Waals surface area contributed by atoms with Crippen LogP contribution in [0.5, 0.6) is 0 Å². The van der Waals surface area contributed by atoms with Crippen molar-refractivity contribution in [3.8, 4) is 5.69 Å². The van der Waals surface area contributed by atoms with Crippen molar-refractivity contribution < 1.29 is 23.1 Å². The van der Waals surface area contributed by atoms with Gasteiger partial charge in [-0.2, -0.15) is 13.2 Å². The maximum Gasteiger partial charge on any atom is 0.418 e. The molecule has 0 bridgehead atoms. The van der Waals surface area contributed by atoms with Crippen LogP contribution in [-0.4, -0.2) is 38.8 Å². The monoisotopic (exact) mass is 329 g/mol. The molecule has 2 amide bonds. The molecule has 10 heteroatoms. The minimum Gasteiger partial charge on any atom is -0.394 e. The first kappa shape index (κ1) is 16.7. The summed E-state index contributed by atoms with van der Waals surface area (Å²) in [7, 11) is 0. The van der Waals surface area contributed by atoms with Gasteiger partial charge in [-0.25, -0.2) is 9.48 Å². The third kappa shape index (κ3) is 4.19. The van der Waals surface area contributed by atoms with Crippen LogP contribution < -0.4 is 10.6 Å². The molecule has 0 aliphatic heterocycles. The standard InChI is InChI=1S/C13H14F3N5O2/c1-8(7-22)17-12(23)18-11-6-21(20-19-11)10-5-3-2-4-9(10)13(14,15)16/h2-6,8,22H,7H2,1H3,(H2,17,18,23). The number of carbonyl (C=O) groups excluding carboxylic acids is 1. The van der Waals surface area contributed by atoms with Crippen LogP contribution in [0.2, 0.25) is 0 Å². The number of urea groups is 1. The molecule has 0 fully saturated rings. The Balaban J connectivity index is 2.19. The van der Waals surface area contributed by atoms with Crippen molar-refractivity contribution in [3.05, 3.63) is 36.0 Å². The number of nitrogens with zero attached hydrogens (tertiary/aromatic N) is 3. The number of alkyl halides is 3. The van der Waals surface area contributed by atoms with Crippen molar-refractivity contribution in [2.75, 3.05) is 11.9 Å². The molecule has 2 aromatic rings. The van der Waals surface area contributed by atoms with Crippen molar-refractivity contribution in [1.82, 2.24) is 20.3 Å². The highest BCUT2D eigenvalue weighted by atomic mass is 19.4. The fourth-order valence-electron chi connectivity index (χ4n) is 1.77. The van der Waals surface area contributed by atoms with E-state index in [1.54, 1.807) is 6.92 Å². The topological polar surface area (TPSA) is 92.1 Å². The van der Waals surface area contributed by atoms with Gasteiger partial charge in [-0.1, -0.05) is 17.3 Å². The summed E-state index contributed by atoms with van der Waals surface area (Å²) >= 11 is 0. The molecule has 7 nitrogen and oxygen atoms in total. The summed E-state index contributed by atoms with van der Waals surface area (Å²) in [5.41, 5.74) is -1.07. The summed E-state index contributed by atoms with van der Waals surface area (Å²) in [5.74, 6) is -0.0235. The van der Waals surface area contributed by atoms with Crippen molar-refractivity contribution in [1.29, 1.82) is 0 Å². The molecule has 0 saturated carbocycles. The second-order valence-corrected chi connectivity index (χ2v) is 4.75. The van der Waals surface area contributed by atoms with Gasteiger partial charge in [0, 0.05) is 0 Å². The van der Waals surface area contributed by atoms with Gasteiger partial charge in [0.1, 0.15) is 0 Å². The normalized spacial score (nSPS) is 12.7. The summed E-state index contributed by atoms with van der Waals surface area (Å²) in [6, 6.07) is 3.76. The van der Waals surface area contributed by atoms with Crippen LogP contribution in [0.15, 0.2) is 30.5 Å². The highest BCUT2D eigenvalue weighted by molar-refractivity contribution is 5.88. The molecule has 1 heterocycles. The fourth-order valence-corrected chi connectivity index (χ4v) is 1.77. The van der Waals surface area contributed by atoms with E-state index in [0.29, 0.717) is 0 Å². The molecule has 1 aromatic heterocycles. The second kappa shape index (κ2) is 6.65. The van der Waals surface area contributed by atoms with E-state index in [9.17, 15) is 18.0 Å². The van der Waals surface area contributed by atoms with Gasteiger partial charge in [-0.3, -0.25) is 5.32 Å². The average molecular weight is 329 g/mol. The summed E-state index contributed by atoms with van der Waals surface area (Å²) in [5, 5.41) is 20.7. The summed E-state index contributed by atoms with van der Waals surface area (Å²) in [4.78, 5) is 11.6. The molecule has 1 atom stereocenters. The maximum absolute atomic E-state index is 13.0. The largest absolute Gasteiger partial charge is 0.418 e. The van der Waals surface area contributed by atoms with Crippen LogP contribution in [0.1, 0.15) is 12.5 Å². The fraction of sp³-hybridized carbons (Fsp3) is 0.308. The quantitative estimate of drug-likeness (QED) is 0.797. The van der Waals surface area contributed by atoms with Crippen LogP contribution >= 0.6 is 0 Å². The number of aliphatic hydroxyl groups is 1. The first-order chi connectivity index (χ1) is 10.8. The first-order valence-electron chi connectivity index (χ1n) is 6.58. The number of para-hydroxylation sites is 1. The Morgan fingerprint density at radius 2 is 2.09 bits per heavy atom. The molecular weight excluding hydrogens is 315 g/mol. The van der Waals surface area contributed by atoms with E-state index in [4.69, 9.17) is 5.11 Å². The number of hydrogen-bond acceptors (Lipinski definition) is 4. The van der Waals surface area contributed by atoms with E-state index in [2.05, 4.69) is 20.9 Å². The number of aromatic nitrogens is 3. The minimum absolute atomic E-state index is 0.0235. The zero-order chi connectivity index (χ0) is 17.0. The third-order valence-corrected chi connectivity index (χ3v) is 2.84. The number of amides is 2. The Hall–Kier alpha value is -2.62. The molecular formula is C13H14F3N5O2. The summed E-state index contributed by atoms with van der Waals surface area (Å²) < 4.78 is 39.8. The molecule has 0 spiro atoms. The Morgan fingerprint density at radius 3 is 2.74 bits per heavy atom. The van der Waals surface area contributed by atoms with E-state index in [0.717, 1.165) is 16.9 Å². The van der Waals surface area contributed by atoms with E-state index < -0.39 is 23.8 Å². The van der Waals surface area contributed by atoms with E-state index in [-0.39, 0.29) is 18.1 Å². The van der Waals surface area contributed by atoms with E-state index >= 15 is 0 Å². The molecule has 1 unspecified atom stereocenters. The van der Waals surface area contributed by atoms with Crippen molar-refractivity contribution in [2.45, 2.75) is 19.1 Å². The molecule has 2 rings (SSSR count). The van der Waals surface area contributed by atoms with Gasteiger partial charge in [-0.15, -0.1) is 5.10 Å². The molecule has 0 saturated heterocycles. The molecule has 0 aliphatic rings. The van der Waals surface area contributed by atoms with Crippen LogP contribution in [0.25, 0.3) is 5.69 Å². The smallest absolute Gasteiger partial charge is 0.394 e. The van der Waals surface area contributed by atoms with Crippen molar-refractivity contribution >= 4 is 11.8 Å². The molecule has 23 heavy (non-hydrogen) atoms. The van der Waals surface area contributed by atoms with Crippen LogP contribution in [-0.2, 0) is 6.18 Å². The lowest BCUT2D eigenvalue weighted by Gasteiger charge is -2.11. The molecule has 0 aliphatic carbocycles. The number of anilines is 1. The number of aliphatic hydroxyl groups excluding tert-OH is 1. The molecule has 1 aromatic carbocycles. The lowest BCUT2D eigenvalue weighted by Crippen LogP contribution is -2.38. The predicted octanol–water partition coefficient (Wildman–Crippen LogP) is 1.79. The van der Waals surface area contributed by atoms with Gasteiger partial charge in [0.05, 0.1) is 30.1 Å². The van der Waals surface area contributed by atoms with Gasteiger partial charge in [0.25, 0.3) is 0 Å². The highest BCUT2D eigenvalue weighted by Gasteiger charge is 2.34. The van der Waals surface area contributed by atoms with E-state index in [1.165, 1.54) is 18.2 Å². The van der Waals surface area contributed by atoms with Gasteiger partial charge in [0.2, 0.25) is 0 Å². The van der Waals surface area contributed by atoms with Gasteiger partial charge in [0.15, 0.2) is 5.82 Å². The Kier molecular flexibility index (Phi) is 4.84. The minimum atomic E-state index is -4.54.